The van der Waals surface area contributed by atoms with Crippen LogP contribution in [0.5, 0.6) is 0 Å². The van der Waals surface area contributed by atoms with Crippen LogP contribution in [0.15, 0.2) is 41.3 Å². The van der Waals surface area contributed by atoms with Gasteiger partial charge < -0.3 is 14.6 Å². The van der Waals surface area contributed by atoms with E-state index in [1.807, 2.05) is 18.2 Å². The van der Waals surface area contributed by atoms with Crippen molar-refractivity contribution in [2.24, 2.45) is 0 Å². The average Bonchev–Trinajstić information content (AvgIpc) is 3.00. The minimum absolute atomic E-state index is 0.546. The largest absolute Gasteiger partial charge is 0.468 e. The Hall–Kier alpha value is -1.88. The highest BCUT2D eigenvalue weighted by Crippen LogP contribution is 2.15. The fraction of sp³-hybridized carbons (Fsp3) is 0.429. The van der Waals surface area contributed by atoms with Crippen molar-refractivity contribution in [3.05, 3.63) is 42.6 Å². The normalized spacial score (nSPS) is 16.7. The highest BCUT2D eigenvalue weighted by atomic mass is 16.3. The summed E-state index contributed by atoms with van der Waals surface area (Å²) in [4.78, 5) is 10.8. The molecule has 0 aliphatic carbocycles. The maximum atomic E-state index is 5.32. The number of nitrogens with zero attached hydrogens (tertiary/aromatic N) is 3. The maximum absolute atomic E-state index is 5.32. The Morgan fingerprint density at radius 2 is 2.00 bits per heavy atom. The molecule has 3 heterocycles. The van der Waals surface area contributed by atoms with Gasteiger partial charge in [-0.2, -0.15) is 0 Å². The van der Waals surface area contributed by atoms with E-state index >= 15 is 0 Å². The molecule has 0 atom stereocenters. The zero-order chi connectivity index (χ0) is 12.9. The molecule has 0 bridgehead atoms. The highest BCUT2D eigenvalue weighted by molar-refractivity contribution is 5.29. The fourth-order valence-corrected chi connectivity index (χ4v) is 2.40. The molecule has 0 radical (unpaired) electrons. The summed E-state index contributed by atoms with van der Waals surface area (Å²) in [7, 11) is 0. The lowest BCUT2D eigenvalue weighted by Crippen LogP contribution is -2.42. The topological polar surface area (TPSA) is 54.2 Å². The molecule has 0 saturated carbocycles. The van der Waals surface area contributed by atoms with Gasteiger partial charge in [-0.3, -0.25) is 0 Å². The predicted molar refractivity (Wildman–Crippen MR) is 72.8 cm³/mol. The van der Waals surface area contributed by atoms with Crippen molar-refractivity contribution in [2.45, 2.75) is 25.4 Å². The lowest BCUT2D eigenvalue weighted by Gasteiger charge is -2.32. The molecule has 1 saturated heterocycles. The first-order chi connectivity index (χ1) is 9.42. The second-order valence-electron chi connectivity index (χ2n) is 4.77. The van der Waals surface area contributed by atoms with E-state index in [1.165, 1.54) is 0 Å². The van der Waals surface area contributed by atoms with Crippen LogP contribution in [-0.2, 0) is 6.54 Å². The van der Waals surface area contributed by atoms with E-state index < -0.39 is 0 Å². The molecule has 0 unspecified atom stereocenters. The molecule has 1 N–H and O–H groups in total. The van der Waals surface area contributed by atoms with Crippen LogP contribution >= 0.6 is 0 Å². The van der Waals surface area contributed by atoms with Gasteiger partial charge in [0.15, 0.2) is 0 Å². The molecule has 2 aromatic heterocycles. The number of hydrogen-bond donors (Lipinski definition) is 1. The van der Waals surface area contributed by atoms with Crippen molar-refractivity contribution in [1.29, 1.82) is 0 Å². The van der Waals surface area contributed by atoms with E-state index in [0.29, 0.717) is 6.04 Å². The molecule has 3 rings (SSSR count). The van der Waals surface area contributed by atoms with Crippen molar-refractivity contribution < 1.29 is 4.42 Å². The second-order valence-corrected chi connectivity index (χ2v) is 4.77. The van der Waals surface area contributed by atoms with E-state index in [9.17, 15) is 0 Å². The van der Waals surface area contributed by atoms with Crippen molar-refractivity contribution in [3.63, 3.8) is 0 Å². The Morgan fingerprint density at radius 3 is 2.68 bits per heavy atom. The molecule has 5 heteroatoms. The van der Waals surface area contributed by atoms with Crippen LogP contribution in [0.4, 0.5) is 5.95 Å². The van der Waals surface area contributed by atoms with Gasteiger partial charge in [-0.05, 0) is 31.0 Å². The summed E-state index contributed by atoms with van der Waals surface area (Å²) >= 11 is 0. The van der Waals surface area contributed by atoms with E-state index in [-0.39, 0.29) is 0 Å². The highest BCUT2D eigenvalue weighted by Gasteiger charge is 2.20. The first-order valence-electron chi connectivity index (χ1n) is 6.69. The molecule has 100 valence electrons. The molecule has 0 amide bonds. The van der Waals surface area contributed by atoms with E-state index in [4.69, 9.17) is 4.42 Å². The van der Waals surface area contributed by atoms with Gasteiger partial charge in [0, 0.05) is 31.5 Å². The van der Waals surface area contributed by atoms with Crippen molar-refractivity contribution in [3.8, 4) is 0 Å². The zero-order valence-corrected chi connectivity index (χ0v) is 10.8. The molecule has 1 aliphatic rings. The van der Waals surface area contributed by atoms with Crippen molar-refractivity contribution >= 4 is 5.95 Å². The van der Waals surface area contributed by atoms with Crippen molar-refractivity contribution in [2.75, 3.05) is 18.0 Å². The number of hydrogen-bond acceptors (Lipinski definition) is 5. The summed E-state index contributed by atoms with van der Waals surface area (Å²) in [6.07, 6.45) is 7.53. The van der Waals surface area contributed by atoms with Gasteiger partial charge in [0.2, 0.25) is 5.95 Å². The molecule has 0 aromatic carbocycles. The first-order valence-corrected chi connectivity index (χ1v) is 6.69. The summed E-state index contributed by atoms with van der Waals surface area (Å²) in [5.41, 5.74) is 0. The maximum Gasteiger partial charge on any atom is 0.225 e. The minimum atomic E-state index is 0.546. The molecule has 19 heavy (non-hydrogen) atoms. The summed E-state index contributed by atoms with van der Waals surface area (Å²) in [6.45, 7) is 2.80. The molecule has 2 aromatic rings. The third-order valence-corrected chi connectivity index (χ3v) is 3.48. The van der Waals surface area contributed by atoms with Crippen LogP contribution in [-0.4, -0.2) is 29.1 Å². The van der Waals surface area contributed by atoms with Crippen LogP contribution in [0.25, 0.3) is 0 Å². The van der Waals surface area contributed by atoms with Crippen molar-refractivity contribution in [1.82, 2.24) is 15.3 Å². The minimum Gasteiger partial charge on any atom is -0.468 e. The number of piperidine rings is 1. The van der Waals surface area contributed by atoms with Crippen LogP contribution in [0.3, 0.4) is 0 Å². The SMILES string of the molecule is c1cnc(N2CCC(NCc3ccco3)CC2)nc1. The van der Waals surface area contributed by atoms with Gasteiger partial charge in [0.05, 0.1) is 12.8 Å². The second kappa shape index (κ2) is 5.84. The van der Waals surface area contributed by atoms with Gasteiger partial charge in [-0.1, -0.05) is 0 Å². The summed E-state index contributed by atoms with van der Waals surface area (Å²) in [6, 6.07) is 6.32. The van der Waals surface area contributed by atoms with Gasteiger partial charge in [0.1, 0.15) is 5.76 Å². The number of anilines is 1. The summed E-state index contributed by atoms with van der Waals surface area (Å²) in [5.74, 6) is 1.83. The van der Waals surface area contributed by atoms with E-state index in [0.717, 1.165) is 44.2 Å². The smallest absolute Gasteiger partial charge is 0.225 e. The Morgan fingerprint density at radius 1 is 1.21 bits per heavy atom. The van der Waals surface area contributed by atoms with Crippen LogP contribution in [0, 0.1) is 0 Å². The van der Waals surface area contributed by atoms with Crippen LogP contribution < -0.4 is 10.2 Å². The number of furan rings is 1. The summed E-state index contributed by atoms with van der Waals surface area (Å²) < 4.78 is 5.32. The lowest BCUT2D eigenvalue weighted by molar-refractivity contribution is 0.387. The third kappa shape index (κ3) is 3.12. The Kier molecular flexibility index (Phi) is 3.74. The molecular formula is C14H18N4O. The van der Waals surface area contributed by atoms with Gasteiger partial charge in [-0.25, -0.2) is 9.97 Å². The molecule has 1 fully saturated rings. The first kappa shape index (κ1) is 12.2. The van der Waals surface area contributed by atoms with Gasteiger partial charge in [0.25, 0.3) is 0 Å². The molecule has 0 spiro atoms. The Labute approximate surface area is 112 Å². The van der Waals surface area contributed by atoms with Crippen LogP contribution in [0.2, 0.25) is 0 Å². The molecular weight excluding hydrogens is 240 g/mol. The van der Waals surface area contributed by atoms with Gasteiger partial charge >= 0.3 is 0 Å². The number of aromatic nitrogens is 2. The quantitative estimate of drug-likeness (QED) is 0.906. The summed E-state index contributed by atoms with van der Waals surface area (Å²) in [5, 5.41) is 3.53. The standard InChI is InChI=1S/C14H18N4O/c1-3-13(19-10-1)11-17-12-4-8-18(9-5-12)14-15-6-2-7-16-14/h1-3,6-7,10,12,17H,4-5,8-9,11H2. The molecule has 5 nitrogen and oxygen atoms in total. The molecule has 1 aliphatic heterocycles. The Bertz CT molecular complexity index is 477. The van der Waals surface area contributed by atoms with E-state index in [2.05, 4.69) is 20.2 Å². The average molecular weight is 258 g/mol. The zero-order valence-electron chi connectivity index (χ0n) is 10.8. The number of rotatable bonds is 4. The van der Waals surface area contributed by atoms with Gasteiger partial charge in [-0.15, -0.1) is 0 Å². The van der Waals surface area contributed by atoms with Crippen LogP contribution in [0.1, 0.15) is 18.6 Å². The lowest BCUT2D eigenvalue weighted by atomic mass is 10.1. The predicted octanol–water partition coefficient (Wildman–Crippen LogP) is 1.83. The fourth-order valence-electron chi connectivity index (χ4n) is 2.40. The Balaban J connectivity index is 1.47. The third-order valence-electron chi connectivity index (χ3n) is 3.48. The number of nitrogens with one attached hydrogen (secondary N) is 1. The monoisotopic (exact) mass is 258 g/mol. The van der Waals surface area contributed by atoms with E-state index in [1.54, 1.807) is 18.7 Å².